The van der Waals surface area contributed by atoms with Crippen molar-refractivity contribution in [2.75, 3.05) is 4.90 Å². The average Bonchev–Trinajstić information content (AvgIpc) is 2.51. The molecule has 0 bridgehead atoms. The van der Waals surface area contributed by atoms with Gasteiger partial charge in [0.05, 0.1) is 24.0 Å². The molecule has 0 spiro atoms. The maximum atomic E-state index is 14.0. The van der Waals surface area contributed by atoms with E-state index in [1.807, 2.05) is 0 Å². The molecule has 24 heavy (non-hydrogen) atoms. The molecule has 1 aliphatic rings. The van der Waals surface area contributed by atoms with Crippen LogP contribution in [0.5, 0.6) is 5.75 Å². The second kappa shape index (κ2) is 5.79. The van der Waals surface area contributed by atoms with Crippen LogP contribution in [0.15, 0.2) is 36.4 Å². The van der Waals surface area contributed by atoms with Crippen molar-refractivity contribution >= 4 is 11.6 Å². The van der Waals surface area contributed by atoms with E-state index in [9.17, 15) is 23.1 Å². The van der Waals surface area contributed by atoms with Crippen LogP contribution >= 0.6 is 0 Å². The minimum Gasteiger partial charge on any atom is -0.423 e. The van der Waals surface area contributed by atoms with Crippen molar-refractivity contribution in [1.82, 2.24) is 4.98 Å². The number of aliphatic hydroxyl groups excluding tert-OH is 1. The van der Waals surface area contributed by atoms with Crippen molar-refractivity contribution in [3.05, 3.63) is 53.6 Å². The number of aromatic nitrogens is 1. The van der Waals surface area contributed by atoms with Crippen molar-refractivity contribution in [2.45, 2.75) is 25.7 Å². The molecule has 1 unspecified atom stereocenters. The second-order valence-corrected chi connectivity index (χ2v) is 5.33. The standard InChI is InChI=1S/C16H13F3N2O3/c1-9(22)11-5-3-6-12-14(11)24-16(18,19)15(23)21(12)8-10-4-2-7-13(17)20-10/h2-7,9,22H,8H2,1H3. The van der Waals surface area contributed by atoms with E-state index in [-0.39, 0.29) is 29.2 Å². The van der Waals surface area contributed by atoms with Gasteiger partial charge in [-0.3, -0.25) is 9.69 Å². The molecular formula is C16H13F3N2O3. The third-order valence-electron chi connectivity index (χ3n) is 3.58. The number of rotatable bonds is 3. The molecule has 5 nitrogen and oxygen atoms in total. The first-order valence-electron chi connectivity index (χ1n) is 7.11. The van der Waals surface area contributed by atoms with Gasteiger partial charge in [-0.1, -0.05) is 18.2 Å². The summed E-state index contributed by atoms with van der Waals surface area (Å²) >= 11 is 0. The average molecular weight is 338 g/mol. The third-order valence-corrected chi connectivity index (χ3v) is 3.58. The molecule has 0 radical (unpaired) electrons. The van der Waals surface area contributed by atoms with Crippen molar-refractivity contribution < 1.29 is 27.8 Å². The summed E-state index contributed by atoms with van der Waals surface area (Å²) in [5.41, 5.74) is 0.293. The number of hydrogen-bond donors (Lipinski definition) is 1. The molecule has 0 saturated heterocycles. The van der Waals surface area contributed by atoms with Crippen molar-refractivity contribution in [3.8, 4) is 5.75 Å². The highest BCUT2D eigenvalue weighted by Crippen LogP contribution is 2.43. The quantitative estimate of drug-likeness (QED) is 0.874. The predicted octanol–water partition coefficient (Wildman–Crippen LogP) is 2.79. The summed E-state index contributed by atoms with van der Waals surface area (Å²) in [6.07, 6.45) is -5.16. The van der Waals surface area contributed by atoms with E-state index < -0.39 is 24.1 Å². The number of carbonyl (C=O) groups is 1. The minimum absolute atomic E-state index is 0.0652. The van der Waals surface area contributed by atoms with Crippen LogP contribution in [0.4, 0.5) is 18.9 Å². The number of para-hydroxylation sites is 1. The fourth-order valence-electron chi connectivity index (χ4n) is 2.49. The molecule has 1 aliphatic heterocycles. The molecule has 3 rings (SSSR count). The molecule has 1 atom stereocenters. The molecule has 0 fully saturated rings. The highest BCUT2D eigenvalue weighted by molar-refractivity contribution is 6.01. The summed E-state index contributed by atoms with van der Waals surface area (Å²) in [5, 5.41) is 9.74. The molecule has 1 aromatic heterocycles. The van der Waals surface area contributed by atoms with E-state index in [4.69, 9.17) is 0 Å². The monoisotopic (exact) mass is 338 g/mol. The summed E-state index contributed by atoms with van der Waals surface area (Å²) in [4.78, 5) is 16.4. The van der Waals surface area contributed by atoms with E-state index in [0.717, 1.165) is 11.0 Å². The molecule has 126 valence electrons. The first kappa shape index (κ1) is 16.3. The third kappa shape index (κ3) is 2.80. The summed E-state index contributed by atoms with van der Waals surface area (Å²) in [5.74, 6) is -2.64. The Morgan fingerprint density at radius 2 is 2.00 bits per heavy atom. The Bertz CT molecular complexity index is 796. The first-order chi connectivity index (χ1) is 11.3. The van der Waals surface area contributed by atoms with Crippen LogP contribution in [-0.2, 0) is 11.3 Å². The van der Waals surface area contributed by atoms with Gasteiger partial charge in [0.1, 0.15) is 0 Å². The number of hydrogen-bond acceptors (Lipinski definition) is 4. The van der Waals surface area contributed by atoms with E-state index in [1.54, 1.807) is 0 Å². The Morgan fingerprint density at radius 3 is 2.67 bits per heavy atom. The number of amides is 1. The fourth-order valence-corrected chi connectivity index (χ4v) is 2.49. The lowest BCUT2D eigenvalue weighted by molar-refractivity contribution is -0.193. The maximum absolute atomic E-state index is 14.0. The Morgan fingerprint density at radius 1 is 1.29 bits per heavy atom. The van der Waals surface area contributed by atoms with Crippen molar-refractivity contribution in [2.24, 2.45) is 0 Å². The van der Waals surface area contributed by atoms with Gasteiger partial charge in [-0.2, -0.15) is 13.2 Å². The number of nitrogens with zero attached hydrogens (tertiary/aromatic N) is 2. The van der Waals surface area contributed by atoms with Gasteiger partial charge in [-0.25, -0.2) is 4.98 Å². The summed E-state index contributed by atoms with van der Waals surface area (Å²) in [6.45, 7) is 1.04. The number of benzene rings is 1. The van der Waals surface area contributed by atoms with E-state index in [2.05, 4.69) is 9.72 Å². The van der Waals surface area contributed by atoms with E-state index >= 15 is 0 Å². The van der Waals surface area contributed by atoms with Crippen LogP contribution in [0.25, 0.3) is 0 Å². The first-order valence-corrected chi connectivity index (χ1v) is 7.11. The predicted molar refractivity (Wildman–Crippen MR) is 78.0 cm³/mol. The van der Waals surface area contributed by atoms with Crippen LogP contribution in [0.1, 0.15) is 24.3 Å². The van der Waals surface area contributed by atoms with Gasteiger partial charge in [0.2, 0.25) is 5.95 Å². The van der Waals surface area contributed by atoms with Gasteiger partial charge in [0.15, 0.2) is 5.75 Å². The Hall–Kier alpha value is -2.61. The zero-order valence-electron chi connectivity index (χ0n) is 12.5. The van der Waals surface area contributed by atoms with Gasteiger partial charge in [-0.15, -0.1) is 0 Å². The Kier molecular flexibility index (Phi) is 3.92. The lowest BCUT2D eigenvalue weighted by atomic mass is 10.1. The lowest BCUT2D eigenvalue weighted by Crippen LogP contribution is -2.50. The number of anilines is 1. The fraction of sp³-hybridized carbons (Fsp3) is 0.250. The molecule has 1 N–H and O–H groups in total. The SMILES string of the molecule is CC(O)c1cccc2c1OC(F)(F)C(=O)N2Cc1cccc(F)n1. The van der Waals surface area contributed by atoms with Crippen LogP contribution in [0.2, 0.25) is 0 Å². The largest absolute Gasteiger partial charge is 0.483 e. The minimum atomic E-state index is -4.09. The van der Waals surface area contributed by atoms with Gasteiger partial charge < -0.3 is 9.84 Å². The van der Waals surface area contributed by atoms with Gasteiger partial charge in [0, 0.05) is 5.56 Å². The second-order valence-electron chi connectivity index (χ2n) is 5.33. The van der Waals surface area contributed by atoms with Crippen LogP contribution in [-0.4, -0.2) is 22.1 Å². The zero-order chi connectivity index (χ0) is 17.5. The highest BCUT2D eigenvalue weighted by atomic mass is 19.3. The van der Waals surface area contributed by atoms with Crippen LogP contribution < -0.4 is 9.64 Å². The van der Waals surface area contributed by atoms with Crippen LogP contribution in [0.3, 0.4) is 0 Å². The number of ether oxygens (including phenoxy) is 1. The molecule has 2 aromatic rings. The van der Waals surface area contributed by atoms with Crippen LogP contribution in [0, 0.1) is 5.95 Å². The Labute approximate surface area is 135 Å². The van der Waals surface area contributed by atoms with Gasteiger partial charge in [-0.05, 0) is 25.1 Å². The molecule has 8 heteroatoms. The van der Waals surface area contributed by atoms with E-state index in [1.165, 1.54) is 37.3 Å². The number of carbonyl (C=O) groups excluding carboxylic acids is 1. The van der Waals surface area contributed by atoms with Gasteiger partial charge in [0.25, 0.3) is 0 Å². The summed E-state index contributed by atoms with van der Waals surface area (Å²) in [7, 11) is 0. The lowest BCUT2D eigenvalue weighted by Gasteiger charge is -2.34. The maximum Gasteiger partial charge on any atom is 0.483 e. The van der Waals surface area contributed by atoms with Crippen molar-refractivity contribution in [3.63, 3.8) is 0 Å². The molecule has 0 saturated carbocycles. The topological polar surface area (TPSA) is 62.7 Å². The molecule has 0 aliphatic carbocycles. The number of aliphatic hydroxyl groups is 1. The molecular weight excluding hydrogens is 325 g/mol. The smallest absolute Gasteiger partial charge is 0.423 e. The summed E-state index contributed by atoms with van der Waals surface area (Å²) < 4.78 is 45.7. The van der Waals surface area contributed by atoms with Crippen molar-refractivity contribution in [1.29, 1.82) is 0 Å². The highest BCUT2D eigenvalue weighted by Gasteiger charge is 2.51. The van der Waals surface area contributed by atoms with Gasteiger partial charge >= 0.3 is 12.0 Å². The zero-order valence-corrected chi connectivity index (χ0v) is 12.5. The van der Waals surface area contributed by atoms with E-state index in [0.29, 0.717) is 0 Å². The number of pyridine rings is 1. The number of fused-ring (bicyclic) bond motifs is 1. The molecule has 1 amide bonds. The number of alkyl halides is 2. The summed E-state index contributed by atoms with van der Waals surface area (Å²) in [6, 6.07) is 8.24. The normalized spacial score (nSPS) is 17.2. The molecule has 1 aromatic carbocycles. The number of halogens is 3. The Balaban J connectivity index is 2.09. The molecule has 2 heterocycles.